The van der Waals surface area contributed by atoms with Gasteiger partial charge >= 0.3 is 12.1 Å². The summed E-state index contributed by atoms with van der Waals surface area (Å²) in [5.41, 5.74) is 5.40. The molecule has 2 unspecified atom stereocenters. The van der Waals surface area contributed by atoms with Gasteiger partial charge in [0.25, 0.3) is 0 Å². The van der Waals surface area contributed by atoms with E-state index in [0.717, 1.165) is 0 Å². The van der Waals surface area contributed by atoms with Crippen molar-refractivity contribution >= 4 is 18.0 Å². The Bertz CT molecular complexity index is 1160. The predicted octanol–water partition coefficient (Wildman–Crippen LogP) is 3.40. The second kappa shape index (κ2) is 8.01. The summed E-state index contributed by atoms with van der Waals surface area (Å²) in [5, 5.41) is 12.1. The predicted molar refractivity (Wildman–Crippen MR) is 124 cm³/mol. The van der Waals surface area contributed by atoms with Crippen molar-refractivity contribution in [1.82, 2.24) is 10.2 Å². The van der Waals surface area contributed by atoms with Gasteiger partial charge in [0.05, 0.1) is 5.92 Å². The summed E-state index contributed by atoms with van der Waals surface area (Å²) in [4.78, 5) is 38.3. The van der Waals surface area contributed by atoms with Crippen molar-refractivity contribution in [3.05, 3.63) is 71.3 Å². The number of fused-ring (bicyclic) bond motifs is 4. The molecule has 2 aromatic rings. The molecule has 7 nitrogen and oxygen atoms in total. The number of aliphatic carboxylic acids is 1. The largest absolute Gasteiger partial charge is 0.481 e. The zero-order valence-corrected chi connectivity index (χ0v) is 18.6. The fourth-order valence-electron chi connectivity index (χ4n) is 6.07. The van der Waals surface area contributed by atoms with Gasteiger partial charge in [-0.05, 0) is 46.9 Å². The van der Waals surface area contributed by atoms with Crippen molar-refractivity contribution in [1.29, 1.82) is 0 Å². The van der Waals surface area contributed by atoms with Crippen molar-refractivity contribution in [2.45, 2.75) is 24.8 Å². The molecule has 6 rings (SSSR count). The Hall–Kier alpha value is -3.61. The van der Waals surface area contributed by atoms with Gasteiger partial charge in [-0.25, -0.2) is 4.79 Å². The monoisotopic (exact) mass is 458 g/mol. The first-order chi connectivity index (χ1) is 16.5. The van der Waals surface area contributed by atoms with Crippen LogP contribution >= 0.6 is 0 Å². The molecular formula is C27H26N2O5. The zero-order valence-electron chi connectivity index (χ0n) is 18.6. The second-order valence-electron chi connectivity index (χ2n) is 9.74. The molecule has 34 heavy (non-hydrogen) atoms. The van der Waals surface area contributed by atoms with E-state index in [9.17, 15) is 14.4 Å². The highest BCUT2D eigenvalue weighted by molar-refractivity contribution is 5.94. The summed E-state index contributed by atoms with van der Waals surface area (Å²) >= 11 is 0. The number of alkyl carbamates (subject to hydrolysis) is 1. The molecule has 4 aliphatic rings. The van der Waals surface area contributed by atoms with Gasteiger partial charge in [0.2, 0.25) is 5.91 Å². The van der Waals surface area contributed by atoms with E-state index in [2.05, 4.69) is 29.6 Å². The van der Waals surface area contributed by atoms with Crippen LogP contribution in [0.2, 0.25) is 0 Å². The maximum absolute atomic E-state index is 12.8. The number of hydrogen-bond donors (Lipinski definition) is 2. The number of piperidine rings is 1. The van der Waals surface area contributed by atoms with E-state index in [-0.39, 0.29) is 42.2 Å². The van der Waals surface area contributed by atoms with Crippen LogP contribution in [-0.4, -0.2) is 53.7 Å². The Kier molecular flexibility index (Phi) is 4.94. The first-order valence-electron chi connectivity index (χ1n) is 11.8. The Morgan fingerprint density at radius 1 is 0.971 bits per heavy atom. The number of carboxylic acid groups (broad SMARTS) is 1. The number of nitrogens with one attached hydrogen (secondary N) is 1. The van der Waals surface area contributed by atoms with Crippen molar-refractivity contribution < 1.29 is 24.2 Å². The van der Waals surface area contributed by atoms with Crippen LogP contribution in [0.15, 0.2) is 60.2 Å². The fraction of sp³-hybridized carbons (Fsp3) is 0.370. The van der Waals surface area contributed by atoms with Crippen LogP contribution < -0.4 is 5.32 Å². The highest BCUT2D eigenvalue weighted by Gasteiger charge is 2.60. The third-order valence-electron chi connectivity index (χ3n) is 7.82. The average molecular weight is 459 g/mol. The number of benzene rings is 2. The number of carbonyl (C=O) groups is 3. The quantitative estimate of drug-likeness (QED) is 0.716. The average Bonchev–Trinajstić information content (AvgIpc) is 3.20. The van der Waals surface area contributed by atoms with Crippen LogP contribution in [0.3, 0.4) is 0 Å². The first-order valence-corrected chi connectivity index (χ1v) is 11.8. The molecule has 1 aliphatic heterocycles. The van der Waals surface area contributed by atoms with Crippen LogP contribution in [0.25, 0.3) is 11.1 Å². The van der Waals surface area contributed by atoms with E-state index in [1.165, 1.54) is 22.3 Å². The Morgan fingerprint density at radius 3 is 2.21 bits per heavy atom. The van der Waals surface area contributed by atoms with Crippen molar-refractivity contribution in [2.75, 3.05) is 19.7 Å². The van der Waals surface area contributed by atoms with E-state index in [1.807, 2.05) is 30.3 Å². The molecule has 174 valence electrons. The molecular weight excluding hydrogens is 432 g/mol. The molecule has 1 saturated heterocycles. The lowest BCUT2D eigenvalue weighted by atomic mass is 9.98. The van der Waals surface area contributed by atoms with E-state index in [0.29, 0.717) is 31.5 Å². The summed E-state index contributed by atoms with van der Waals surface area (Å²) in [7, 11) is 0. The molecule has 4 atom stereocenters. The van der Waals surface area contributed by atoms with Crippen LogP contribution in [0.5, 0.6) is 0 Å². The molecule has 0 radical (unpaired) electrons. The Morgan fingerprint density at radius 2 is 1.59 bits per heavy atom. The molecule has 0 spiro atoms. The number of carbonyl (C=O) groups excluding carboxylic acids is 2. The highest BCUT2D eigenvalue weighted by Crippen LogP contribution is 2.52. The van der Waals surface area contributed by atoms with E-state index >= 15 is 0 Å². The number of nitrogens with zero attached hydrogens (tertiary/aromatic N) is 1. The lowest BCUT2D eigenvalue weighted by Crippen LogP contribution is -2.36. The van der Waals surface area contributed by atoms with Crippen molar-refractivity contribution in [2.24, 2.45) is 17.8 Å². The molecule has 2 N–H and O–H groups in total. The SMILES string of the molecule is O=C(NC1CC=C(C(=O)N2C[C@@H]3C(C(=O)O)[C@@H]3C2)C1)OCC1c2ccccc2-c2ccccc21. The normalized spacial score (nSPS) is 26.4. The molecule has 2 aromatic carbocycles. The number of hydrogen-bond acceptors (Lipinski definition) is 4. The highest BCUT2D eigenvalue weighted by atomic mass is 16.5. The third-order valence-corrected chi connectivity index (χ3v) is 7.82. The van der Waals surface area contributed by atoms with Gasteiger partial charge in [-0.2, -0.15) is 0 Å². The summed E-state index contributed by atoms with van der Waals surface area (Å²) in [6, 6.07) is 16.3. The summed E-state index contributed by atoms with van der Waals surface area (Å²) in [6.45, 7) is 1.29. The Balaban J connectivity index is 1.01. The lowest BCUT2D eigenvalue weighted by Gasteiger charge is -2.20. The van der Waals surface area contributed by atoms with Crippen LogP contribution in [0.1, 0.15) is 29.9 Å². The van der Waals surface area contributed by atoms with E-state index < -0.39 is 12.1 Å². The summed E-state index contributed by atoms with van der Waals surface area (Å²) in [6.07, 6.45) is 2.47. The Labute approximate surface area is 197 Å². The minimum Gasteiger partial charge on any atom is -0.481 e. The lowest BCUT2D eigenvalue weighted by molar-refractivity contribution is -0.140. The number of likely N-dealkylation sites (tertiary alicyclic amines) is 1. The minimum absolute atomic E-state index is 0.00761. The van der Waals surface area contributed by atoms with Crippen molar-refractivity contribution in [3.63, 3.8) is 0 Å². The van der Waals surface area contributed by atoms with E-state index in [4.69, 9.17) is 9.84 Å². The molecule has 0 aromatic heterocycles. The first kappa shape index (κ1) is 21.0. The maximum Gasteiger partial charge on any atom is 0.407 e. The molecule has 0 bridgehead atoms. The number of rotatable bonds is 5. The van der Waals surface area contributed by atoms with Gasteiger partial charge in [-0.15, -0.1) is 0 Å². The molecule has 1 heterocycles. The summed E-state index contributed by atoms with van der Waals surface area (Å²) in [5.74, 6) is -0.878. The summed E-state index contributed by atoms with van der Waals surface area (Å²) < 4.78 is 5.63. The third kappa shape index (κ3) is 3.47. The number of carboxylic acids is 1. The smallest absolute Gasteiger partial charge is 0.407 e. The second-order valence-corrected chi connectivity index (χ2v) is 9.74. The van der Waals surface area contributed by atoms with Crippen LogP contribution in [0, 0.1) is 17.8 Å². The van der Waals surface area contributed by atoms with Gasteiger partial charge in [0.1, 0.15) is 6.61 Å². The number of ether oxygens (including phenoxy) is 1. The topological polar surface area (TPSA) is 95.9 Å². The standard InChI is InChI=1S/C27H26N2O5/c30-25(29-12-21-22(13-29)24(21)26(31)32)15-9-10-16(11-15)28-27(33)34-14-23-19-7-3-1-5-17(19)18-6-2-4-8-20(18)23/h1-9,16,21-24H,10-14H2,(H,28,33)(H,31,32)/t16?,21-,22+,24?. The van der Waals surface area contributed by atoms with Gasteiger partial charge in [0.15, 0.2) is 0 Å². The van der Waals surface area contributed by atoms with Gasteiger partial charge in [-0.3, -0.25) is 9.59 Å². The van der Waals surface area contributed by atoms with Gasteiger partial charge in [-0.1, -0.05) is 54.6 Å². The molecule has 3 aliphatic carbocycles. The van der Waals surface area contributed by atoms with Crippen LogP contribution in [0.4, 0.5) is 4.79 Å². The van der Waals surface area contributed by atoms with Crippen LogP contribution in [-0.2, 0) is 14.3 Å². The molecule has 2 amide bonds. The van der Waals surface area contributed by atoms with Gasteiger partial charge < -0.3 is 20.1 Å². The zero-order chi connectivity index (χ0) is 23.4. The molecule has 7 heteroatoms. The molecule has 1 saturated carbocycles. The fourth-order valence-corrected chi connectivity index (χ4v) is 6.07. The van der Waals surface area contributed by atoms with Crippen molar-refractivity contribution in [3.8, 4) is 11.1 Å². The number of amides is 2. The van der Waals surface area contributed by atoms with E-state index in [1.54, 1.807) is 4.90 Å². The minimum atomic E-state index is -0.755. The molecule has 2 fully saturated rings. The maximum atomic E-state index is 12.8. The van der Waals surface area contributed by atoms with Gasteiger partial charge in [0, 0.05) is 30.6 Å².